The Balaban J connectivity index is 1.76. The van der Waals surface area contributed by atoms with Crippen LogP contribution >= 0.6 is 35.6 Å². The fourth-order valence-electron chi connectivity index (χ4n) is 1.43. The Morgan fingerprint density at radius 3 is 2.67 bits per heavy atom. The predicted molar refractivity (Wildman–Crippen MR) is 90.8 cm³/mol. The number of hydrogen-bond acceptors (Lipinski definition) is 4. The first-order chi connectivity index (χ1) is 10.1. The van der Waals surface area contributed by atoms with Crippen molar-refractivity contribution in [3.05, 3.63) is 53.7 Å². The maximum atomic E-state index is 11.8. The molecule has 0 aliphatic carbocycles. The van der Waals surface area contributed by atoms with Crippen molar-refractivity contribution in [1.82, 2.24) is 10.3 Å². The third-order valence-electron chi connectivity index (χ3n) is 2.34. The van der Waals surface area contributed by atoms with Gasteiger partial charge in [0.1, 0.15) is 5.82 Å². The fourth-order valence-corrected chi connectivity index (χ4v) is 2.47. The van der Waals surface area contributed by atoms with Gasteiger partial charge in [0.25, 0.3) is 0 Å². The van der Waals surface area contributed by atoms with E-state index in [1.54, 1.807) is 30.5 Å². The summed E-state index contributed by atoms with van der Waals surface area (Å²) in [5, 5.41) is 6.35. The zero-order chi connectivity index (χ0) is 15.1. The standard InChI is InChI=1S/C14H12ClN3OS2/c15-10-4-6-11(7-5-10)21-9-13(19)18-14(20)17-12-3-1-2-8-16-12/h1-8H,9H2,(H2,16,17,18,19,20). The average Bonchev–Trinajstić information content (AvgIpc) is 2.47. The van der Waals surface area contributed by atoms with E-state index in [1.165, 1.54) is 11.8 Å². The van der Waals surface area contributed by atoms with Crippen LogP contribution in [0.3, 0.4) is 0 Å². The molecule has 7 heteroatoms. The van der Waals surface area contributed by atoms with Gasteiger partial charge < -0.3 is 10.6 Å². The third kappa shape index (κ3) is 5.71. The van der Waals surface area contributed by atoms with Crippen molar-refractivity contribution < 1.29 is 4.79 Å². The highest BCUT2D eigenvalue weighted by Crippen LogP contribution is 2.19. The molecule has 0 spiro atoms. The number of pyridine rings is 1. The topological polar surface area (TPSA) is 54.0 Å². The van der Waals surface area contributed by atoms with Crippen LogP contribution < -0.4 is 10.6 Å². The van der Waals surface area contributed by atoms with Gasteiger partial charge in [0, 0.05) is 16.1 Å². The highest BCUT2D eigenvalue weighted by atomic mass is 35.5. The molecule has 21 heavy (non-hydrogen) atoms. The van der Waals surface area contributed by atoms with Crippen LogP contribution in [0, 0.1) is 0 Å². The van der Waals surface area contributed by atoms with Crippen LogP contribution in [0.5, 0.6) is 0 Å². The molecule has 0 bridgehead atoms. The lowest BCUT2D eigenvalue weighted by atomic mass is 10.4. The Bertz CT molecular complexity index is 620. The molecular weight excluding hydrogens is 326 g/mol. The number of thiocarbonyl (C=S) groups is 1. The molecule has 1 aromatic heterocycles. The van der Waals surface area contributed by atoms with E-state index in [4.69, 9.17) is 23.8 Å². The highest BCUT2D eigenvalue weighted by Gasteiger charge is 2.06. The van der Waals surface area contributed by atoms with E-state index < -0.39 is 0 Å². The third-order valence-corrected chi connectivity index (χ3v) is 3.81. The van der Waals surface area contributed by atoms with Crippen LogP contribution in [0.2, 0.25) is 5.02 Å². The average molecular weight is 338 g/mol. The first-order valence-electron chi connectivity index (χ1n) is 6.04. The maximum Gasteiger partial charge on any atom is 0.236 e. The second-order valence-corrected chi connectivity index (χ2v) is 5.85. The summed E-state index contributed by atoms with van der Waals surface area (Å²) in [5.74, 6) is 0.683. The van der Waals surface area contributed by atoms with Crippen LogP contribution in [0.1, 0.15) is 0 Å². The minimum Gasteiger partial charge on any atom is -0.317 e. The van der Waals surface area contributed by atoms with Gasteiger partial charge in [-0.3, -0.25) is 4.79 Å². The number of anilines is 1. The molecule has 2 rings (SSSR count). The molecule has 108 valence electrons. The Labute approximate surface area is 137 Å². The van der Waals surface area contributed by atoms with E-state index in [1.807, 2.05) is 18.2 Å². The molecule has 2 aromatic rings. The first-order valence-corrected chi connectivity index (χ1v) is 7.81. The smallest absolute Gasteiger partial charge is 0.236 e. The molecule has 0 saturated carbocycles. The van der Waals surface area contributed by atoms with Gasteiger partial charge in [-0.05, 0) is 48.6 Å². The van der Waals surface area contributed by atoms with Crippen LogP contribution in [0.25, 0.3) is 0 Å². The number of carbonyl (C=O) groups excluding carboxylic acids is 1. The number of rotatable bonds is 4. The SMILES string of the molecule is O=C(CSc1ccc(Cl)cc1)NC(=S)Nc1ccccn1. The zero-order valence-corrected chi connectivity index (χ0v) is 13.3. The van der Waals surface area contributed by atoms with Crippen molar-refractivity contribution in [3.8, 4) is 0 Å². The molecule has 0 saturated heterocycles. The lowest BCUT2D eigenvalue weighted by Crippen LogP contribution is -2.35. The normalized spacial score (nSPS) is 9.95. The summed E-state index contributed by atoms with van der Waals surface area (Å²) in [6, 6.07) is 12.7. The van der Waals surface area contributed by atoms with Crippen molar-refractivity contribution in [3.63, 3.8) is 0 Å². The van der Waals surface area contributed by atoms with Crippen molar-refractivity contribution in [1.29, 1.82) is 0 Å². The van der Waals surface area contributed by atoms with Crippen molar-refractivity contribution in [2.45, 2.75) is 4.90 Å². The van der Waals surface area contributed by atoms with Gasteiger partial charge in [0.05, 0.1) is 5.75 Å². The summed E-state index contributed by atoms with van der Waals surface area (Å²) in [7, 11) is 0. The largest absolute Gasteiger partial charge is 0.317 e. The molecule has 0 unspecified atom stereocenters. The van der Waals surface area contributed by atoms with Crippen molar-refractivity contribution in [2.75, 3.05) is 11.1 Å². The first kappa shape index (κ1) is 15.8. The molecule has 1 heterocycles. The summed E-state index contributed by atoms with van der Waals surface area (Å²) >= 11 is 12.3. The molecule has 0 fully saturated rings. The number of halogens is 1. The molecule has 0 radical (unpaired) electrons. The van der Waals surface area contributed by atoms with Crippen LogP contribution in [0.15, 0.2) is 53.6 Å². The number of thioether (sulfide) groups is 1. The summed E-state index contributed by atoms with van der Waals surface area (Å²) in [4.78, 5) is 16.8. The minimum absolute atomic E-state index is 0.177. The molecule has 0 aliphatic rings. The van der Waals surface area contributed by atoms with Crippen molar-refractivity contribution >= 4 is 52.4 Å². The molecule has 4 nitrogen and oxygen atoms in total. The lowest BCUT2D eigenvalue weighted by molar-refractivity contribution is -0.117. The molecule has 1 aromatic carbocycles. The summed E-state index contributed by atoms with van der Waals surface area (Å²) in [6.07, 6.45) is 1.64. The summed E-state index contributed by atoms with van der Waals surface area (Å²) in [5.41, 5.74) is 0. The number of carbonyl (C=O) groups is 1. The number of nitrogens with zero attached hydrogens (tertiary/aromatic N) is 1. The molecule has 2 N–H and O–H groups in total. The van der Waals surface area contributed by atoms with Gasteiger partial charge in [-0.15, -0.1) is 11.8 Å². The van der Waals surface area contributed by atoms with E-state index in [2.05, 4.69) is 15.6 Å². The second-order valence-electron chi connectivity index (χ2n) is 3.96. The van der Waals surface area contributed by atoms with Crippen LogP contribution in [-0.2, 0) is 4.79 Å². The number of aromatic nitrogens is 1. The molecule has 0 aliphatic heterocycles. The van der Waals surface area contributed by atoms with Gasteiger partial charge in [-0.1, -0.05) is 17.7 Å². The Hall–Kier alpha value is -1.63. The lowest BCUT2D eigenvalue weighted by Gasteiger charge is -2.08. The second kappa shape index (κ2) is 7.97. The highest BCUT2D eigenvalue weighted by molar-refractivity contribution is 8.00. The van der Waals surface area contributed by atoms with Crippen LogP contribution in [-0.4, -0.2) is 21.8 Å². The van der Waals surface area contributed by atoms with Gasteiger partial charge in [0.15, 0.2) is 5.11 Å². The molecule has 0 atom stereocenters. The summed E-state index contributed by atoms with van der Waals surface area (Å²) < 4.78 is 0. The van der Waals surface area contributed by atoms with E-state index in [9.17, 15) is 4.79 Å². The number of benzene rings is 1. The van der Waals surface area contributed by atoms with E-state index in [0.717, 1.165) is 4.90 Å². The fraction of sp³-hybridized carbons (Fsp3) is 0.0714. The Morgan fingerprint density at radius 1 is 1.24 bits per heavy atom. The zero-order valence-electron chi connectivity index (χ0n) is 10.9. The van der Waals surface area contributed by atoms with Crippen molar-refractivity contribution in [2.24, 2.45) is 0 Å². The number of hydrogen-bond donors (Lipinski definition) is 2. The van der Waals surface area contributed by atoms with Crippen LogP contribution in [0.4, 0.5) is 5.82 Å². The minimum atomic E-state index is -0.177. The molecular formula is C14H12ClN3OS2. The maximum absolute atomic E-state index is 11.8. The number of nitrogens with one attached hydrogen (secondary N) is 2. The molecule has 1 amide bonds. The predicted octanol–water partition coefficient (Wildman–Crippen LogP) is 3.34. The van der Waals surface area contributed by atoms with E-state index in [0.29, 0.717) is 10.8 Å². The quantitative estimate of drug-likeness (QED) is 0.662. The van der Waals surface area contributed by atoms with Gasteiger partial charge >= 0.3 is 0 Å². The number of amides is 1. The monoisotopic (exact) mass is 337 g/mol. The van der Waals surface area contributed by atoms with Gasteiger partial charge in [-0.2, -0.15) is 0 Å². The summed E-state index contributed by atoms with van der Waals surface area (Å²) in [6.45, 7) is 0. The Kier molecular flexibility index (Phi) is 5.98. The van der Waals surface area contributed by atoms with Gasteiger partial charge in [0.2, 0.25) is 5.91 Å². The van der Waals surface area contributed by atoms with E-state index >= 15 is 0 Å². The van der Waals surface area contributed by atoms with E-state index in [-0.39, 0.29) is 16.8 Å². The van der Waals surface area contributed by atoms with Gasteiger partial charge in [-0.25, -0.2) is 4.98 Å². The Morgan fingerprint density at radius 2 is 2.00 bits per heavy atom.